The molecule has 10 heavy (non-hydrogen) atoms. The van der Waals surface area contributed by atoms with E-state index < -0.39 is 0 Å². The fourth-order valence-electron chi connectivity index (χ4n) is 0.528. The van der Waals surface area contributed by atoms with E-state index in [-0.39, 0.29) is 0 Å². The van der Waals surface area contributed by atoms with Crippen LogP contribution in [0, 0.1) is 0 Å². The second kappa shape index (κ2) is 6.84. The lowest BCUT2D eigenvalue weighted by Gasteiger charge is -2.00. The Kier molecular flexibility index (Phi) is 6.66. The Hall–Kier alpha value is -0.270. The van der Waals surface area contributed by atoms with Crippen molar-refractivity contribution in [1.29, 1.82) is 0 Å². The molecule has 0 heterocycles. The fourth-order valence-corrected chi connectivity index (χ4v) is 0.605. The second-order valence-electron chi connectivity index (χ2n) is 2.21. The number of nitrogens with one attached hydrogen (secondary N) is 1. The van der Waals surface area contributed by atoms with Crippen molar-refractivity contribution in [3.63, 3.8) is 0 Å². The molecule has 0 rings (SSSR count). The van der Waals surface area contributed by atoms with Crippen molar-refractivity contribution in [2.45, 2.75) is 13.3 Å². The zero-order valence-corrected chi connectivity index (χ0v) is 7.12. The molecule has 0 atom stereocenters. The molecule has 0 amide bonds. The average Bonchev–Trinajstić information content (AvgIpc) is 1.98. The molecule has 0 spiro atoms. The third-order valence-corrected chi connectivity index (χ3v) is 1.49. The summed E-state index contributed by atoms with van der Waals surface area (Å²) in [5, 5.41) is 3.21. The Bertz CT molecular complexity index is 118. The van der Waals surface area contributed by atoms with E-state index in [1.54, 1.807) is 5.54 Å². The number of hydrogen-bond acceptors (Lipinski definition) is 1. The van der Waals surface area contributed by atoms with Crippen molar-refractivity contribution in [3.8, 4) is 0 Å². The zero-order valence-electron chi connectivity index (χ0n) is 6.36. The van der Waals surface area contributed by atoms with E-state index in [1.165, 1.54) is 0 Å². The molecular weight excluding hydrogens is 146 g/mol. The predicted octanol–water partition coefficient (Wildman–Crippen LogP) is 2.29. The normalized spacial score (nSPS) is 11.6. The lowest BCUT2D eigenvalue weighted by atomic mass is 10.3. The van der Waals surface area contributed by atoms with Gasteiger partial charge in [-0.05, 0) is 25.5 Å². The van der Waals surface area contributed by atoms with E-state index in [2.05, 4.69) is 11.9 Å². The van der Waals surface area contributed by atoms with Crippen molar-refractivity contribution in [1.82, 2.24) is 5.32 Å². The van der Waals surface area contributed by atoms with Crippen LogP contribution in [0.25, 0.3) is 0 Å². The molecule has 0 radical (unpaired) electrons. The minimum atomic E-state index is 0.872. The molecule has 1 N–H and O–H groups in total. The topological polar surface area (TPSA) is 12.0 Å². The van der Waals surface area contributed by atoms with Gasteiger partial charge in [0.15, 0.2) is 0 Å². The molecule has 0 aromatic heterocycles. The fraction of sp³-hybridized carbons (Fsp3) is 0.500. The quantitative estimate of drug-likeness (QED) is 0.480. The maximum atomic E-state index is 5.44. The summed E-state index contributed by atoms with van der Waals surface area (Å²) < 4.78 is 0. The Morgan fingerprint density at radius 3 is 2.90 bits per heavy atom. The smallest absolute Gasteiger partial charge is 0.0173 e. The van der Waals surface area contributed by atoms with Crippen LogP contribution in [-0.4, -0.2) is 13.1 Å². The summed E-state index contributed by atoms with van der Waals surface area (Å²) >= 11 is 5.44. The van der Waals surface area contributed by atoms with Gasteiger partial charge in [0, 0.05) is 12.1 Å². The highest BCUT2D eigenvalue weighted by atomic mass is 35.5. The standard InChI is InChI=1S/C8H14ClN/c1-3-4-5-10-7-8(2)6-9/h3,6,10H,1,4-5,7H2,2H3/b8-6-. The molecular formula is C8H14ClN. The van der Waals surface area contributed by atoms with Gasteiger partial charge in [-0.25, -0.2) is 0 Å². The van der Waals surface area contributed by atoms with Crippen molar-refractivity contribution >= 4 is 11.6 Å². The summed E-state index contributed by atoms with van der Waals surface area (Å²) in [6.45, 7) is 7.46. The Morgan fingerprint density at radius 2 is 2.40 bits per heavy atom. The van der Waals surface area contributed by atoms with Gasteiger partial charge in [0.05, 0.1) is 0 Å². The minimum Gasteiger partial charge on any atom is -0.313 e. The Morgan fingerprint density at radius 1 is 1.70 bits per heavy atom. The first kappa shape index (κ1) is 9.73. The van der Waals surface area contributed by atoms with Crippen molar-refractivity contribution in [2.75, 3.05) is 13.1 Å². The molecule has 0 bridgehead atoms. The van der Waals surface area contributed by atoms with Gasteiger partial charge in [0.1, 0.15) is 0 Å². The number of halogens is 1. The van der Waals surface area contributed by atoms with E-state index >= 15 is 0 Å². The van der Waals surface area contributed by atoms with Crippen LogP contribution in [0.3, 0.4) is 0 Å². The Balaban J connectivity index is 3.11. The second-order valence-corrected chi connectivity index (χ2v) is 2.43. The van der Waals surface area contributed by atoms with E-state index in [9.17, 15) is 0 Å². The molecule has 1 nitrogen and oxygen atoms in total. The molecule has 0 aromatic carbocycles. The van der Waals surface area contributed by atoms with E-state index in [4.69, 9.17) is 11.6 Å². The molecule has 0 saturated heterocycles. The van der Waals surface area contributed by atoms with E-state index in [0.29, 0.717) is 0 Å². The maximum absolute atomic E-state index is 5.44. The third kappa shape index (κ3) is 5.86. The predicted molar refractivity (Wildman–Crippen MR) is 47.3 cm³/mol. The van der Waals surface area contributed by atoms with Crippen LogP contribution in [0.2, 0.25) is 0 Å². The minimum absolute atomic E-state index is 0.872. The van der Waals surface area contributed by atoms with Gasteiger partial charge >= 0.3 is 0 Å². The first-order valence-corrected chi connectivity index (χ1v) is 3.82. The van der Waals surface area contributed by atoms with Gasteiger partial charge in [0.25, 0.3) is 0 Å². The number of hydrogen-bond donors (Lipinski definition) is 1. The third-order valence-electron chi connectivity index (χ3n) is 1.12. The summed E-state index contributed by atoms with van der Waals surface area (Å²) in [6.07, 6.45) is 2.91. The van der Waals surface area contributed by atoms with Crippen LogP contribution < -0.4 is 5.32 Å². The van der Waals surface area contributed by atoms with Gasteiger partial charge in [0.2, 0.25) is 0 Å². The van der Waals surface area contributed by atoms with Crippen molar-refractivity contribution in [2.24, 2.45) is 0 Å². The summed E-state index contributed by atoms with van der Waals surface area (Å²) in [4.78, 5) is 0. The molecule has 0 aliphatic heterocycles. The van der Waals surface area contributed by atoms with Crippen molar-refractivity contribution in [3.05, 3.63) is 23.8 Å². The lowest BCUT2D eigenvalue weighted by Crippen LogP contribution is -2.16. The van der Waals surface area contributed by atoms with Gasteiger partial charge in [-0.2, -0.15) is 0 Å². The highest BCUT2D eigenvalue weighted by Crippen LogP contribution is 1.91. The van der Waals surface area contributed by atoms with Crippen LogP contribution in [0.5, 0.6) is 0 Å². The summed E-state index contributed by atoms with van der Waals surface area (Å²) in [5.41, 5.74) is 2.76. The molecule has 2 heteroatoms. The molecule has 0 saturated carbocycles. The van der Waals surface area contributed by atoms with Gasteiger partial charge in [-0.15, -0.1) is 6.58 Å². The highest BCUT2D eigenvalue weighted by Gasteiger charge is 1.85. The van der Waals surface area contributed by atoms with Crippen LogP contribution in [-0.2, 0) is 0 Å². The largest absolute Gasteiger partial charge is 0.313 e. The van der Waals surface area contributed by atoms with E-state index in [0.717, 1.165) is 25.1 Å². The van der Waals surface area contributed by atoms with Crippen LogP contribution in [0.1, 0.15) is 13.3 Å². The molecule has 0 aromatic rings. The van der Waals surface area contributed by atoms with Crippen LogP contribution in [0.4, 0.5) is 0 Å². The van der Waals surface area contributed by atoms with E-state index in [1.807, 2.05) is 13.0 Å². The summed E-state index contributed by atoms with van der Waals surface area (Å²) in [6, 6.07) is 0. The summed E-state index contributed by atoms with van der Waals surface area (Å²) in [7, 11) is 0. The van der Waals surface area contributed by atoms with Crippen LogP contribution in [0.15, 0.2) is 23.8 Å². The average molecular weight is 160 g/mol. The molecule has 0 unspecified atom stereocenters. The molecule has 58 valence electrons. The summed E-state index contributed by atoms with van der Waals surface area (Å²) in [5.74, 6) is 0. The Labute approximate surface area is 67.8 Å². The monoisotopic (exact) mass is 159 g/mol. The van der Waals surface area contributed by atoms with Gasteiger partial charge in [-0.1, -0.05) is 17.7 Å². The lowest BCUT2D eigenvalue weighted by molar-refractivity contribution is 0.739. The SMILES string of the molecule is C=CCCNC/C(C)=C\Cl. The van der Waals surface area contributed by atoms with Gasteiger partial charge in [-0.3, -0.25) is 0 Å². The molecule has 0 aliphatic rings. The van der Waals surface area contributed by atoms with Crippen molar-refractivity contribution < 1.29 is 0 Å². The number of rotatable bonds is 5. The first-order chi connectivity index (χ1) is 4.81. The first-order valence-electron chi connectivity index (χ1n) is 3.38. The molecule has 0 fully saturated rings. The van der Waals surface area contributed by atoms with Gasteiger partial charge < -0.3 is 5.32 Å². The molecule has 0 aliphatic carbocycles. The maximum Gasteiger partial charge on any atom is 0.0173 e. The highest BCUT2D eigenvalue weighted by molar-refractivity contribution is 6.25. The zero-order chi connectivity index (χ0) is 7.82. The van der Waals surface area contributed by atoms with Crippen LogP contribution >= 0.6 is 11.6 Å².